The molecule has 0 N–H and O–H groups in total. The average Bonchev–Trinajstić information content (AvgIpc) is 2.92. The number of hydrogen-bond acceptors (Lipinski definition) is 1. The summed E-state index contributed by atoms with van der Waals surface area (Å²) in [5.41, 5.74) is 1.95. The Kier molecular flexibility index (Phi) is 2.60. The third-order valence-electron chi connectivity index (χ3n) is 2.57. The Labute approximate surface area is 91.9 Å². The summed E-state index contributed by atoms with van der Waals surface area (Å²) in [6.45, 7) is 4.07. The maximum atomic E-state index is 13.4. The molecule has 1 heterocycles. The molecule has 1 saturated carbocycles. The Balaban J connectivity index is 2.46. The number of halogens is 2. The smallest absolute Gasteiger partial charge is 0.224 e. The highest BCUT2D eigenvalue weighted by molar-refractivity contribution is 9.10. The maximum absolute atomic E-state index is 13.4. The van der Waals surface area contributed by atoms with Crippen LogP contribution < -0.4 is 0 Å². The molecule has 76 valence electrons. The summed E-state index contributed by atoms with van der Waals surface area (Å²) in [6.07, 6.45) is 2.36. The van der Waals surface area contributed by atoms with E-state index in [1.165, 1.54) is 12.8 Å². The molecule has 1 aliphatic carbocycles. The highest BCUT2D eigenvalue weighted by Crippen LogP contribution is 2.44. The average molecular weight is 258 g/mol. The third kappa shape index (κ3) is 1.83. The molecule has 1 aliphatic rings. The van der Waals surface area contributed by atoms with E-state index in [4.69, 9.17) is 0 Å². The number of pyridine rings is 1. The molecule has 1 aromatic rings. The molecule has 0 unspecified atom stereocenters. The summed E-state index contributed by atoms with van der Waals surface area (Å²) in [5, 5.41) is 0. The van der Waals surface area contributed by atoms with Crippen molar-refractivity contribution in [2.75, 3.05) is 0 Å². The van der Waals surface area contributed by atoms with Crippen molar-refractivity contribution >= 4 is 15.9 Å². The molecule has 3 heteroatoms. The van der Waals surface area contributed by atoms with Gasteiger partial charge in [0.15, 0.2) is 0 Å². The molecule has 0 aliphatic heterocycles. The largest absolute Gasteiger partial charge is 0.227 e. The van der Waals surface area contributed by atoms with Gasteiger partial charge in [0.2, 0.25) is 5.95 Å². The summed E-state index contributed by atoms with van der Waals surface area (Å²) in [6, 6.07) is 2.04. The molecule has 0 amide bonds. The van der Waals surface area contributed by atoms with Crippen molar-refractivity contribution in [3.05, 3.63) is 27.7 Å². The lowest BCUT2D eigenvalue weighted by atomic mass is 10.1. The van der Waals surface area contributed by atoms with Crippen molar-refractivity contribution in [3.63, 3.8) is 0 Å². The minimum absolute atomic E-state index is 0.287. The van der Waals surface area contributed by atoms with Crippen LogP contribution in [0.3, 0.4) is 0 Å². The van der Waals surface area contributed by atoms with Crippen LogP contribution in [-0.4, -0.2) is 4.98 Å². The van der Waals surface area contributed by atoms with E-state index in [0.717, 1.165) is 11.3 Å². The lowest BCUT2D eigenvalue weighted by molar-refractivity contribution is 0.561. The molecule has 0 saturated heterocycles. The molecule has 0 aromatic carbocycles. The second-order valence-electron chi connectivity index (χ2n) is 4.17. The van der Waals surface area contributed by atoms with Crippen LogP contribution >= 0.6 is 15.9 Å². The van der Waals surface area contributed by atoms with Crippen molar-refractivity contribution in [3.8, 4) is 0 Å². The molecule has 14 heavy (non-hydrogen) atoms. The van der Waals surface area contributed by atoms with Gasteiger partial charge in [-0.25, -0.2) is 4.98 Å². The molecular weight excluding hydrogens is 245 g/mol. The fourth-order valence-electron chi connectivity index (χ4n) is 1.52. The van der Waals surface area contributed by atoms with Crippen molar-refractivity contribution in [2.45, 2.75) is 38.5 Å². The Morgan fingerprint density at radius 2 is 2.14 bits per heavy atom. The summed E-state index contributed by atoms with van der Waals surface area (Å²) in [7, 11) is 0. The van der Waals surface area contributed by atoms with E-state index in [-0.39, 0.29) is 11.9 Å². The van der Waals surface area contributed by atoms with Crippen LogP contribution in [0.25, 0.3) is 0 Å². The Morgan fingerprint density at radius 3 is 2.64 bits per heavy atom. The van der Waals surface area contributed by atoms with Crippen LogP contribution in [0.2, 0.25) is 0 Å². The first-order valence-electron chi connectivity index (χ1n) is 4.95. The van der Waals surface area contributed by atoms with Gasteiger partial charge in [-0.1, -0.05) is 13.8 Å². The monoisotopic (exact) mass is 257 g/mol. The fraction of sp³-hybridized carbons (Fsp3) is 0.545. The van der Waals surface area contributed by atoms with Crippen LogP contribution in [0.5, 0.6) is 0 Å². The van der Waals surface area contributed by atoms with Gasteiger partial charge in [0.05, 0.1) is 4.47 Å². The van der Waals surface area contributed by atoms with E-state index in [1.807, 2.05) is 19.9 Å². The second kappa shape index (κ2) is 3.61. The van der Waals surface area contributed by atoms with Crippen LogP contribution in [-0.2, 0) is 0 Å². The zero-order valence-corrected chi connectivity index (χ0v) is 9.94. The Bertz CT molecular complexity index is 359. The van der Waals surface area contributed by atoms with Gasteiger partial charge in [0, 0.05) is 5.69 Å². The van der Waals surface area contributed by atoms with Crippen molar-refractivity contribution in [1.82, 2.24) is 4.98 Å². The van der Waals surface area contributed by atoms with E-state index in [1.54, 1.807) is 0 Å². The van der Waals surface area contributed by atoms with Gasteiger partial charge in [-0.3, -0.25) is 0 Å². The van der Waals surface area contributed by atoms with Crippen LogP contribution in [0, 0.1) is 5.95 Å². The van der Waals surface area contributed by atoms with E-state index >= 15 is 0 Å². The number of aromatic nitrogens is 1. The lowest BCUT2D eigenvalue weighted by Crippen LogP contribution is -1.99. The van der Waals surface area contributed by atoms with Gasteiger partial charge in [0.1, 0.15) is 0 Å². The summed E-state index contributed by atoms with van der Waals surface area (Å²) >= 11 is 3.27. The summed E-state index contributed by atoms with van der Waals surface area (Å²) in [5.74, 6) is 0.479. The first-order valence-corrected chi connectivity index (χ1v) is 5.74. The molecule has 0 bridgehead atoms. The van der Waals surface area contributed by atoms with Crippen LogP contribution in [0.4, 0.5) is 4.39 Å². The normalized spacial score (nSPS) is 16.4. The molecule has 0 radical (unpaired) electrons. The second-order valence-corrected chi connectivity index (χ2v) is 4.96. The van der Waals surface area contributed by atoms with E-state index in [2.05, 4.69) is 20.9 Å². The molecular formula is C11H13BrFN. The first-order chi connectivity index (χ1) is 6.59. The Hall–Kier alpha value is -0.440. The molecule has 0 spiro atoms. The quantitative estimate of drug-likeness (QED) is 0.731. The number of rotatable bonds is 2. The Morgan fingerprint density at radius 1 is 1.50 bits per heavy atom. The lowest BCUT2D eigenvalue weighted by Gasteiger charge is -2.09. The van der Waals surface area contributed by atoms with E-state index in [9.17, 15) is 4.39 Å². The van der Waals surface area contributed by atoms with Crippen molar-refractivity contribution in [1.29, 1.82) is 0 Å². The number of hydrogen-bond donors (Lipinski definition) is 0. The zero-order chi connectivity index (χ0) is 10.3. The van der Waals surface area contributed by atoms with Gasteiger partial charge in [0.25, 0.3) is 0 Å². The standard InChI is InChI=1S/C11H13BrFN/c1-6(2)9-5-8(7-3-4-7)10(12)11(13)14-9/h5-7H,3-4H2,1-2H3. The van der Waals surface area contributed by atoms with Crippen LogP contribution in [0.15, 0.2) is 10.5 Å². The third-order valence-corrected chi connectivity index (χ3v) is 3.36. The summed E-state index contributed by atoms with van der Waals surface area (Å²) in [4.78, 5) is 3.93. The topological polar surface area (TPSA) is 12.9 Å². The highest BCUT2D eigenvalue weighted by Gasteiger charge is 2.28. The highest BCUT2D eigenvalue weighted by atomic mass is 79.9. The minimum Gasteiger partial charge on any atom is -0.224 e. The molecule has 0 atom stereocenters. The predicted octanol–water partition coefficient (Wildman–Crippen LogP) is 3.98. The first kappa shape index (κ1) is 10.1. The van der Waals surface area contributed by atoms with Gasteiger partial charge < -0.3 is 0 Å². The maximum Gasteiger partial charge on any atom is 0.227 e. The molecule has 1 aromatic heterocycles. The van der Waals surface area contributed by atoms with Gasteiger partial charge in [-0.05, 0) is 52.2 Å². The molecule has 1 nitrogen and oxygen atoms in total. The predicted molar refractivity (Wildman–Crippen MR) is 58.0 cm³/mol. The van der Waals surface area contributed by atoms with Crippen molar-refractivity contribution in [2.24, 2.45) is 0 Å². The number of nitrogens with zero attached hydrogens (tertiary/aromatic N) is 1. The van der Waals surface area contributed by atoms with Gasteiger partial charge >= 0.3 is 0 Å². The van der Waals surface area contributed by atoms with Gasteiger partial charge in [-0.2, -0.15) is 4.39 Å². The summed E-state index contributed by atoms with van der Waals surface area (Å²) < 4.78 is 14.0. The van der Waals surface area contributed by atoms with E-state index < -0.39 is 0 Å². The molecule has 2 rings (SSSR count). The SMILES string of the molecule is CC(C)c1cc(C2CC2)c(Br)c(F)n1. The van der Waals surface area contributed by atoms with Crippen molar-refractivity contribution < 1.29 is 4.39 Å². The molecule has 1 fully saturated rings. The van der Waals surface area contributed by atoms with Gasteiger partial charge in [-0.15, -0.1) is 0 Å². The minimum atomic E-state index is -0.363. The van der Waals surface area contributed by atoms with Crippen LogP contribution in [0.1, 0.15) is 49.8 Å². The zero-order valence-electron chi connectivity index (χ0n) is 8.35. The fourth-order valence-corrected chi connectivity index (χ4v) is 2.05. The van der Waals surface area contributed by atoms with E-state index in [0.29, 0.717) is 10.4 Å².